The van der Waals surface area contributed by atoms with Crippen LogP contribution in [0.25, 0.3) is 0 Å². The lowest BCUT2D eigenvalue weighted by Gasteiger charge is -2.41. The first kappa shape index (κ1) is 14.8. The molecule has 1 aliphatic heterocycles. The number of piperazine rings is 1. The summed E-state index contributed by atoms with van der Waals surface area (Å²) in [5, 5.41) is 0. The Morgan fingerprint density at radius 2 is 2.00 bits per heavy atom. The van der Waals surface area contributed by atoms with Crippen molar-refractivity contribution in [2.24, 2.45) is 5.73 Å². The number of hydrogen-bond acceptors (Lipinski definition) is 4. The van der Waals surface area contributed by atoms with E-state index in [4.69, 9.17) is 17.3 Å². The van der Waals surface area contributed by atoms with Crippen LogP contribution < -0.4 is 5.73 Å². The minimum atomic E-state index is 0.192. The van der Waals surface area contributed by atoms with E-state index in [0.717, 1.165) is 29.9 Å². The molecule has 0 amide bonds. The van der Waals surface area contributed by atoms with Gasteiger partial charge in [0.1, 0.15) is 0 Å². The van der Waals surface area contributed by atoms with Crippen LogP contribution in [-0.2, 0) is 0 Å². The molecule has 20 heavy (non-hydrogen) atoms. The first-order valence-corrected chi connectivity index (χ1v) is 8.87. The lowest BCUT2D eigenvalue weighted by Crippen LogP contribution is -2.51. The van der Waals surface area contributed by atoms with Crippen LogP contribution in [0, 0.1) is 0 Å². The van der Waals surface area contributed by atoms with Gasteiger partial charge in [-0.3, -0.25) is 9.80 Å². The Balaban J connectivity index is 1.69. The number of nitrogens with zero attached hydrogens (tertiary/aromatic N) is 2. The minimum Gasteiger partial charge on any atom is -0.326 e. The molecule has 0 bridgehead atoms. The molecule has 112 valence electrons. The van der Waals surface area contributed by atoms with Gasteiger partial charge in [0.25, 0.3) is 0 Å². The maximum absolute atomic E-state index is 6.40. The summed E-state index contributed by atoms with van der Waals surface area (Å²) in [6, 6.07) is 5.56. The summed E-state index contributed by atoms with van der Waals surface area (Å²) >= 11 is 7.80. The Bertz CT molecular complexity index is 438. The molecule has 1 aromatic rings. The maximum Gasteiger partial charge on any atom is 0.0931 e. The second-order valence-electron chi connectivity index (χ2n) is 5.96. The van der Waals surface area contributed by atoms with Gasteiger partial charge in [-0.25, -0.2) is 0 Å². The molecule has 2 aliphatic rings. The van der Waals surface area contributed by atoms with E-state index < -0.39 is 0 Å². The fourth-order valence-corrected chi connectivity index (χ4v) is 4.46. The quantitative estimate of drug-likeness (QED) is 0.907. The second kappa shape index (κ2) is 6.32. The van der Waals surface area contributed by atoms with Crippen LogP contribution in [0.2, 0.25) is 4.34 Å². The van der Waals surface area contributed by atoms with Crippen LogP contribution >= 0.6 is 22.9 Å². The first-order chi connectivity index (χ1) is 9.69. The van der Waals surface area contributed by atoms with Crippen molar-refractivity contribution in [1.82, 2.24) is 9.80 Å². The molecule has 2 fully saturated rings. The zero-order chi connectivity index (χ0) is 14.1. The second-order valence-corrected chi connectivity index (χ2v) is 7.71. The predicted molar refractivity (Wildman–Crippen MR) is 86.5 cm³/mol. The van der Waals surface area contributed by atoms with Gasteiger partial charge in [-0.1, -0.05) is 18.5 Å². The minimum absolute atomic E-state index is 0.192. The van der Waals surface area contributed by atoms with Gasteiger partial charge < -0.3 is 5.73 Å². The van der Waals surface area contributed by atoms with Crippen LogP contribution in [0.1, 0.15) is 37.1 Å². The molecule has 1 aliphatic carbocycles. The van der Waals surface area contributed by atoms with Crippen molar-refractivity contribution in [2.45, 2.75) is 44.3 Å². The molecule has 0 aromatic carbocycles. The first-order valence-electron chi connectivity index (χ1n) is 7.68. The van der Waals surface area contributed by atoms with Crippen LogP contribution in [0.5, 0.6) is 0 Å². The van der Waals surface area contributed by atoms with Crippen molar-refractivity contribution >= 4 is 22.9 Å². The third-order valence-corrected chi connectivity index (χ3v) is 5.87. The average Bonchev–Trinajstić information content (AvgIpc) is 3.23. The highest BCUT2D eigenvalue weighted by Gasteiger charge is 2.34. The lowest BCUT2D eigenvalue weighted by atomic mass is 10.0. The average molecular weight is 314 g/mol. The van der Waals surface area contributed by atoms with Crippen molar-refractivity contribution in [3.8, 4) is 0 Å². The van der Waals surface area contributed by atoms with Gasteiger partial charge in [-0.15, -0.1) is 11.3 Å². The van der Waals surface area contributed by atoms with Crippen molar-refractivity contribution in [3.63, 3.8) is 0 Å². The van der Waals surface area contributed by atoms with Crippen LogP contribution in [0.4, 0.5) is 0 Å². The van der Waals surface area contributed by atoms with Gasteiger partial charge in [0.2, 0.25) is 0 Å². The SMILES string of the molecule is CCC(N)C(c1ccc(Cl)s1)N1CCN(C2CC2)CC1. The highest BCUT2D eigenvalue weighted by molar-refractivity contribution is 7.16. The van der Waals surface area contributed by atoms with Gasteiger partial charge in [-0.2, -0.15) is 0 Å². The molecule has 3 nitrogen and oxygen atoms in total. The summed E-state index contributed by atoms with van der Waals surface area (Å²) in [5.41, 5.74) is 6.40. The van der Waals surface area contributed by atoms with Crippen LogP contribution in [-0.4, -0.2) is 48.1 Å². The Morgan fingerprint density at radius 1 is 1.30 bits per heavy atom. The van der Waals surface area contributed by atoms with Gasteiger partial charge in [0, 0.05) is 43.1 Å². The molecule has 5 heteroatoms. The van der Waals surface area contributed by atoms with E-state index in [1.165, 1.54) is 30.8 Å². The molecule has 3 rings (SSSR count). The fourth-order valence-electron chi connectivity index (χ4n) is 3.19. The van der Waals surface area contributed by atoms with E-state index in [-0.39, 0.29) is 6.04 Å². The predicted octanol–water partition coefficient (Wildman–Crippen LogP) is 2.96. The molecule has 1 aromatic heterocycles. The Morgan fingerprint density at radius 3 is 2.50 bits per heavy atom. The molecule has 2 heterocycles. The monoisotopic (exact) mass is 313 g/mol. The third-order valence-electron chi connectivity index (χ3n) is 4.57. The molecule has 0 spiro atoms. The molecular formula is C15H24ClN3S. The zero-order valence-electron chi connectivity index (χ0n) is 12.1. The van der Waals surface area contributed by atoms with Crippen molar-refractivity contribution in [1.29, 1.82) is 0 Å². The fraction of sp³-hybridized carbons (Fsp3) is 0.733. The number of nitrogens with two attached hydrogens (primary N) is 1. The van der Waals surface area contributed by atoms with Crippen molar-refractivity contribution in [2.75, 3.05) is 26.2 Å². The van der Waals surface area contributed by atoms with E-state index in [1.807, 2.05) is 6.07 Å². The summed E-state index contributed by atoms with van der Waals surface area (Å²) in [7, 11) is 0. The Labute approximate surface area is 130 Å². The Hall–Kier alpha value is -0.130. The molecule has 0 radical (unpaired) electrons. The summed E-state index contributed by atoms with van der Waals surface area (Å²) in [4.78, 5) is 6.53. The number of thiophene rings is 1. The zero-order valence-corrected chi connectivity index (χ0v) is 13.7. The topological polar surface area (TPSA) is 32.5 Å². The third kappa shape index (κ3) is 3.20. The lowest BCUT2D eigenvalue weighted by molar-refractivity contribution is 0.0809. The molecule has 2 N–H and O–H groups in total. The molecule has 2 unspecified atom stereocenters. The molecule has 2 atom stereocenters. The van der Waals surface area contributed by atoms with Crippen molar-refractivity contribution in [3.05, 3.63) is 21.3 Å². The molecular weight excluding hydrogens is 290 g/mol. The summed E-state index contributed by atoms with van der Waals surface area (Å²) in [6.45, 7) is 6.81. The highest BCUT2D eigenvalue weighted by Crippen LogP contribution is 2.35. The molecule has 1 saturated heterocycles. The van der Waals surface area contributed by atoms with Gasteiger partial charge >= 0.3 is 0 Å². The van der Waals surface area contributed by atoms with Gasteiger partial charge in [-0.05, 0) is 31.4 Å². The summed E-state index contributed by atoms with van der Waals surface area (Å²) < 4.78 is 0.866. The Kier molecular flexibility index (Phi) is 4.68. The van der Waals surface area contributed by atoms with E-state index in [1.54, 1.807) is 11.3 Å². The normalized spacial score (nSPS) is 24.8. The smallest absolute Gasteiger partial charge is 0.0931 e. The van der Waals surface area contributed by atoms with E-state index in [9.17, 15) is 0 Å². The van der Waals surface area contributed by atoms with Crippen molar-refractivity contribution < 1.29 is 0 Å². The largest absolute Gasteiger partial charge is 0.326 e. The standard InChI is InChI=1S/C15H24ClN3S/c1-2-12(17)15(13-5-6-14(16)20-13)19-9-7-18(8-10-19)11-3-4-11/h5-6,11-12,15H,2-4,7-10,17H2,1H3. The maximum atomic E-state index is 6.40. The van der Waals surface area contributed by atoms with Crippen LogP contribution in [0.15, 0.2) is 12.1 Å². The number of rotatable bonds is 5. The summed E-state index contributed by atoms with van der Waals surface area (Å²) in [6.07, 6.45) is 3.81. The van der Waals surface area contributed by atoms with E-state index >= 15 is 0 Å². The highest BCUT2D eigenvalue weighted by atomic mass is 35.5. The van der Waals surface area contributed by atoms with E-state index in [2.05, 4.69) is 22.8 Å². The van der Waals surface area contributed by atoms with Gasteiger partial charge in [0.05, 0.1) is 10.4 Å². The van der Waals surface area contributed by atoms with Crippen LogP contribution in [0.3, 0.4) is 0 Å². The number of halogens is 1. The van der Waals surface area contributed by atoms with E-state index in [0.29, 0.717) is 6.04 Å². The number of hydrogen-bond donors (Lipinski definition) is 1. The molecule has 1 saturated carbocycles. The summed E-state index contributed by atoms with van der Waals surface area (Å²) in [5.74, 6) is 0. The van der Waals surface area contributed by atoms with Gasteiger partial charge in [0.15, 0.2) is 0 Å².